The van der Waals surface area contributed by atoms with Gasteiger partial charge >= 0.3 is 0 Å². The van der Waals surface area contributed by atoms with Crippen molar-refractivity contribution in [1.82, 2.24) is 15.0 Å². The Balaban J connectivity index is 1.53. The molecule has 0 aliphatic heterocycles. The fourth-order valence-electron chi connectivity index (χ4n) is 4.03. The van der Waals surface area contributed by atoms with Gasteiger partial charge in [0, 0.05) is 41.5 Å². The minimum atomic E-state index is 1.02. The third kappa shape index (κ3) is 3.93. The molecule has 3 heterocycles. The fraction of sp³-hybridized carbons (Fsp3) is 0. The second-order valence-corrected chi connectivity index (χ2v) is 8.88. The van der Waals surface area contributed by atoms with E-state index in [0.717, 1.165) is 49.5 Å². The van der Waals surface area contributed by atoms with Crippen LogP contribution in [-0.4, -0.2) is 15.0 Å². The average molecular weight is 442 g/mol. The first-order chi connectivity index (χ1) is 16.3. The van der Waals surface area contributed by atoms with Gasteiger partial charge in [0.15, 0.2) is 0 Å². The molecule has 0 N–H and O–H groups in total. The van der Waals surface area contributed by atoms with Gasteiger partial charge in [0.05, 0.1) is 10.2 Å². The monoisotopic (exact) mass is 441 g/mol. The Morgan fingerprint density at radius 1 is 0.485 bits per heavy atom. The van der Waals surface area contributed by atoms with Crippen molar-refractivity contribution in [2.45, 2.75) is 0 Å². The number of thiazole rings is 1. The average Bonchev–Trinajstić information content (AvgIpc) is 3.34. The van der Waals surface area contributed by atoms with Gasteiger partial charge < -0.3 is 0 Å². The maximum Gasteiger partial charge on any atom is 0.124 e. The van der Waals surface area contributed by atoms with Crippen molar-refractivity contribution in [2.24, 2.45) is 0 Å². The summed E-state index contributed by atoms with van der Waals surface area (Å²) in [5.41, 5.74) is 8.92. The molecule has 6 aromatic rings. The van der Waals surface area contributed by atoms with Gasteiger partial charge in [0.1, 0.15) is 5.01 Å². The number of nitrogens with zero attached hydrogens (tertiary/aromatic N) is 3. The molecule has 6 rings (SSSR count). The number of hydrogen-bond acceptors (Lipinski definition) is 4. The number of para-hydroxylation sites is 1. The third-order valence-corrected chi connectivity index (χ3v) is 6.74. The summed E-state index contributed by atoms with van der Waals surface area (Å²) >= 11 is 1.72. The van der Waals surface area contributed by atoms with Crippen LogP contribution in [0, 0.1) is 0 Å². The van der Waals surface area contributed by atoms with E-state index >= 15 is 0 Å². The summed E-state index contributed by atoms with van der Waals surface area (Å²) < 4.78 is 1.19. The van der Waals surface area contributed by atoms with Gasteiger partial charge in [-0.3, -0.25) is 9.97 Å². The zero-order chi connectivity index (χ0) is 22.0. The summed E-state index contributed by atoms with van der Waals surface area (Å²) in [4.78, 5) is 13.5. The second kappa shape index (κ2) is 8.41. The van der Waals surface area contributed by atoms with E-state index in [1.54, 1.807) is 23.7 Å². The Morgan fingerprint density at radius 2 is 1.06 bits per heavy atom. The first-order valence-corrected chi connectivity index (χ1v) is 11.6. The van der Waals surface area contributed by atoms with Crippen LogP contribution < -0.4 is 0 Å². The minimum absolute atomic E-state index is 1.02. The lowest BCUT2D eigenvalue weighted by Crippen LogP contribution is -1.87. The molecule has 0 saturated heterocycles. The largest absolute Gasteiger partial charge is 0.264 e. The number of aromatic nitrogens is 3. The molecule has 0 unspecified atom stereocenters. The van der Waals surface area contributed by atoms with Crippen LogP contribution in [0.3, 0.4) is 0 Å². The SMILES string of the molecule is c1cncc(-c2cccc(-c3cc(-c4cccnc4)cc(-c4nc5ccccc5s4)c3)c2)c1. The van der Waals surface area contributed by atoms with Crippen molar-refractivity contribution in [3.8, 4) is 44.0 Å². The zero-order valence-electron chi connectivity index (χ0n) is 17.7. The maximum atomic E-state index is 4.91. The minimum Gasteiger partial charge on any atom is -0.264 e. The molecule has 4 heteroatoms. The molecule has 156 valence electrons. The number of fused-ring (bicyclic) bond motifs is 1. The highest BCUT2D eigenvalue weighted by Crippen LogP contribution is 2.36. The number of benzene rings is 3. The first kappa shape index (κ1) is 19.5. The molecular weight excluding hydrogens is 422 g/mol. The predicted octanol–water partition coefficient (Wildman–Crippen LogP) is 7.75. The Kier molecular flexibility index (Phi) is 4.98. The lowest BCUT2D eigenvalue weighted by molar-refractivity contribution is 1.33. The van der Waals surface area contributed by atoms with E-state index in [9.17, 15) is 0 Å². The summed E-state index contributed by atoms with van der Waals surface area (Å²) in [7, 11) is 0. The number of hydrogen-bond donors (Lipinski definition) is 0. The van der Waals surface area contributed by atoms with Crippen LogP contribution in [0.15, 0.2) is 116 Å². The highest BCUT2D eigenvalue weighted by atomic mass is 32.1. The van der Waals surface area contributed by atoms with Crippen molar-refractivity contribution in [3.63, 3.8) is 0 Å². The lowest BCUT2D eigenvalue weighted by atomic mass is 9.95. The fourth-order valence-corrected chi connectivity index (χ4v) is 4.98. The van der Waals surface area contributed by atoms with Gasteiger partial charge in [-0.1, -0.05) is 42.5 Å². The molecule has 3 aromatic carbocycles. The molecule has 33 heavy (non-hydrogen) atoms. The van der Waals surface area contributed by atoms with Crippen molar-refractivity contribution in [2.75, 3.05) is 0 Å². The van der Waals surface area contributed by atoms with Gasteiger partial charge in [-0.05, 0) is 70.8 Å². The van der Waals surface area contributed by atoms with Crippen LogP contribution >= 0.6 is 11.3 Å². The summed E-state index contributed by atoms with van der Waals surface area (Å²) in [6, 6.07) is 31.7. The zero-order valence-corrected chi connectivity index (χ0v) is 18.5. The number of rotatable bonds is 4. The lowest BCUT2D eigenvalue weighted by Gasteiger charge is -2.11. The van der Waals surface area contributed by atoms with Crippen LogP contribution in [0.25, 0.3) is 54.2 Å². The standard InChI is InChI=1S/C29H19N3S/c1-2-11-28-27(10-1)32-29(33-28)26-16-24(15-25(17-26)23-9-5-13-31-19-23)21-7-3-6-20(14-21)22-8-4-12-30-18-22/h1-19H. The molecule has 0 fully saturated rings. The van der Waals surface area contributed by atoms with Crippen LogP contribution in [-0.2, 0) is 0 Å². The van der Waals surface area contributed by atoms with Crippen molar-refractivity contribution < 1.29 is 0 Å². The van der Waals surface area contributed by atoms with Crippen LogP contribution in [0.2, 0.25) is 0 Å². The topological polar surface area (TPSA) is 38.7 Å². The predicted molar refractivity (Wildman–Crippen MR) is 137 cm³/mol. The molecule has 0 amide bonds. The van der Waals surface area contributed by atoms with E-state index in [4.69, 9.17) is 4.98 Å². The van der Waals surface area contributed by atoms with E-state index in [2.05, 4.69) is 82.8 Å². The summed E-state index contributed by atoms with van der Waals surface area (Å²) in [5.74, 6) is 0. The van der Waals surface area contributed by atoms with Crippen LogP contribution in [0.5, 0.6) is 0 Å². The van der Waals surface area contributed by atoms with E-state index in [1.165, 1.54) is 4.70 Å². The molecule has 0 radical (unpaired) electrons. The highest BCUT2D eigenvalue weighted by Gasteiger charge is 2.12. The molecule has 0 spiro atoms. The molecule has 0 saturated carbocycles. The van der Waals surface area contributed by atoms with E-state index < -0.39 is 0 Å². The number of pyridine rings is 2. The van der Waals surface area contributed by atoms with Crippen LogP contribution in [0.4, 0.5) is 0 Å². The van der Waals surface area contributed by atoms with Crippen molar-refractivity contribution in [3.05, 3.63) is 116 Å². The highest BCUT2D eigenvalue weighted by molar-refractivity contribution is 7.21. The molecule has 3 nitrogen and oxygen atoms in total. The van der Waals surface area contributed by atoms with Crippen molar-refractivity contribution in [1.29, 1.82) is 0 Å². The second-order valence-electron chi connectivity index (χ2n) is 7.85. The molecular formula is C29H19N3S. The summed E-state index contributed by atoms with van der Waals surface area (Å²) in [5, 5.41) is 1.02. The van der Waals surface area contributed by atoms with E-state index in [-0.39, 0.29) is 0 Å². The van der Waals surface area contributed by atoms with Gasteiger partial charge in [0.25, 0.3) is 0 Å². The molecule has 0 bridgehead atoms. The van der Waals surface area contributed by atoms with Gasteiger partial charge in [-0.2, -0.15) is 0 Å². The first-order valence-electron chi connectivity index (χ1n) is 10.8. The van der Waals surface area contributed by atoms with Gasteiger partial charge in [-0.15, -0.1) is 11.3 Å². The van der Waals surface area contributed by atoms with E-state index in [1.807, 2.05) is 30.6 Å². The van der Waals surface area contributed by atoms with Gasteiger partial charge in [0.2, 0.25) is 0 Å². The maximum absolute atomic E-state index is 4.91. The summed E-state index contributed by atoms with van der Waals surface area (Å²) in [6.45, 7) is 0. The summed E-state index contributed by atoms with van der Waals surface area (Å²) in [6.07, 6.45) is 7.42. The normalized spacial score (nSPS) is 11.0. The Labute approximate surface area is 196 Å². The Bertz CT molecular complexity index is 1520. The van der Waals surface area contributed by atoms with Crippen molar-refractivity contribution >= 4 is 21.6 Å². The third-order valence-electron chi connectivity index (χ3n) is 5.66. The quantitative estimate of drug-likeness (QED) is 0.281. The van der Waals surface area contributed by atoms with E-state index in [0.29, 0.717) is 0 Å². The Morgan fingerprint density at radius 3 is 1.76 bits per heavy atom. The van der Waals surface area contributed by atoms with Crippen LogP contribution in [0.1, 0.15) is 0 Å². The molecule has 0 aliphatic rings. The molecule has 3 aromatic heterocycles. The van der Waals surface area contributed by atoms with Gasteiger partial charge in [-0.25, -0.2) is 4.98 Å². The smallest absolute Gasteiger partial charge is 0.124 e. The Hall–Kier alpha value is -4.15. The molecule has 0 aliphatic carbocycles. The molecule has 0 atom stereocenters.